The molecule has 0 bridgehead atoms. The molecule has 2 N–H and O–H groups in total. The van der Waals surface area contributed by atoms with E-state index in [0.29, 0.717) is 22.2 Å². The average Bonchev–Trinajstić information content (AvgIpc) is 2.46. The number of halogens is 1. The van der Waals surface area contributed by atoms with Crippen LogP contribution in [0.1, 0.15) is 6.92 Å². The minimum Gasteiger partial charge on any atom is -0.326 e. The van der Waals surface area contributed by atoms with Gasteiger partial charge in [0.1, 0.15) is 0 Å². The lowest BCUT2D eigenvalue weighted by atomic mass is 10.2. The summed E-state index contributed by atoms with van der Waals surface area (Å²) < 4.78 is 0. The van der Waals surface area contributed by atoms with Gasteiger partial charge in [-0.1, -0.05) is 17.7 Å². The first-order valence-corrected chi connectivity index (χ1v) is 7.95. The molecule has 2 aromatic carbocycles. The van der Waals surface area contributed by atoms with Gasteiger partial charge >= 0.3 is 0 Å². The van der Waals surface area contributed by atoms with Gasteiger partial charge in [0, 0.05) is 28.2 Å². The fourth-order valence-corrected chi connectivity index (χ4v) is 2.58. The maximum Gasteiger partial charge on any atom is 0.234 e. The van der Waals surface area contributed by atoms with Crippen LogP contribution in [0, 0.1) is 0 Å². The maximum atomic E-state index is 11.9. The Morgan fingerprint density at radius 3 is 2.32 bits per heavy atom. The standard InChI is InChI=1S/C16H15ClN2O2S/c1-11(20)18-13-3-2-4-14(9-13)19-16(21)10-22-15-7-5-12(17)6-8-15/h2-9H,10H2,1H3,(H,18,20)(H,19,21). The number of thioether (sulfide) groups is 1. The lowest BCUT2D eigenvalue weighted by Gasteiger charge is -2.08. The van der Waals surface area contributed by atoms with Crippen LogP contribution in [0.5, 0.6) is 0 Å². The first-order chi connectivity index (χ1) is 10.5. The highest BCUT2D eigenvalue weighted by molar-refractivity contribution is 8.00. The highest BCUT2D eigenvalue weighted by Gasteiger charge is 2.05. The van der Waals surface area contributed by atoms with E-state index in [-0.39, 0.29) is 11.8 Å². The molecule has 0 radical (unpaired) electrons. The van der Waals surface area contributed by atoms with Crippen molar-refractivity contribution in [3.8, 4) is 0 Å². The number of hydrogen-bond acceptors (Lipinski definition) is 3. The molecule has 0 aliphatic heterocycles. The number of rotatable bonds is 5. The molecule has 0 spiro atoms. The minimum atomic E-state index is -0.151. The van der Waals surface area contributed by atoms with Crippen molar-refractivity contribution in [3.05, 3.63) is 53.6 Å². The lowest BCUT2D eigenvalue weighted by Crippen LogP contribution is -2.14. The van der Waals surface area contributed by atoms with E-state index >= 15 is 0 Å². The van der Waals surface area contributed by atoms with E-state index in [4.69, 9.17) is 11.6 Å². The Kier molecular flexibility index (Phi) is 5.86. The second-order valence-corrected chi connectivity index (χ2v) is 6.04. The van der Waals surface area contributed by atoms with Gasteiger partial charge in [-0.05, 0) is 42.5 Å². The summed E-state index contributed by atoms with van der Waals surface area (Å²) in [4.78, 5) is 23.9. The molecule has 0 saturated heterocycles. The average molecular weight is 335 g/mol. The molecule has 6 heteroatoms. The van der Waals surface area contributed by atoms with Crippen LogP contribution in [-0.4, -0.2) is 17.6 Å². The Bertz CT molecular complexity index is 674. The molecular formula is C16H15ClN2O2S. The van der Waals surface area contributed by atoms with Crippen molar-refractivity contribution in [1.82, 2.24) is 0 Å². The molecule has 2 rings (SSSR count). The summed E-state index contributed by atoms with van der Waals surface area (Å²) in [6.07, 6.45) is 0. The molecule has 4 nitrogen and oxygen atoms in total. The second kappa shape index (κ2) is 7.87. The summed E-state index contributed by atoms with van der Waals surface area (Å²) in [5.41, 5.74) is 1.30. The van der Waals surface area contributed by atoms with Crippen LogP contribution >= 0.6 is 23.4 Å². The van der Waals surface area contributed by atoms with Crippen molar-refractivity contribution < 1.29 is 9.59 Å². The summed E-state index contributed by atoms with van der Waals surface area (Å²) in [5, 5.41) is 6.14. The number of nitrogens with one attached hydrogen (secondary N) is 2. The van der Waals surface area contributed by atoms with Gasteiger partial charge in [0.15, 0.2) is 0 Å². The van der Waals surface area contributed by atoms with Crippen LogP contribution in [0.2, 0.25) is 5.02 Å². The highest BCUT2D eigenvalue weighted by atomic mass is 35.5. The van der Waals surface area contributed by atoms with E-state index in [1.54, 1.807) is 36.4 Å². The predicted molar refractivity (Wildman–Crippen MR) is 91.6 cm³/mol. The SMILES string of the molecule is CC(=O)Nc1cccc(NC(=O)CSc2ccc(Cl)cc2)c1. The fourth-order valence-electron chi connectivity index (χ4n) is 1.75. The number of carbonyl (C=O) groups excluding carboxylic acids is 2. The van der Waals surface area contributed by atoms with E-state index in [2.05, 4.69) is 10.6 Å². The fraction of sp³-hybridized carbons (Fsp3) is 0.125. The van der Waals surface area contributed by atoms with Gasteiger partial charge in [-0.25, -0.2) is 0 Å². The van der Waals surface area contributed by atoms with Gasteiger partial charge in [-0.3, -0.25) is 9.59 Å². The van der Waals surface area contributed by atoms with E-state index < -0.39 is 0 Å². The van der Waals surface area contributed by atoms with Gasteiger partial charge in [0.2, 0.25) is 11.8 Å². The smallest absolute Gasteiger partial charge is 0.234 e. The molecule has 0 saturated carbocycles. The van der Waals surface area contributed by atoms with Gasteiger partial charge in [-0.15, -0.1) is 11.8 Å². The Labute approximate surface area is 138 Å². The van der Waals surface area contributed by atoms with Crippen molar-refractivity contribution in [2.45, 2.75) is 11.8 Å². The Balaban J connectivity index is 1.89. The van der Waals surface area contributed by atoms with Gasteiger partial charge < -0.3 is 10.6 Å². The molecule has 2 amide bonds. The summed E-state index contributed by atoms with van der Waals surface area (Å²) in [5.74, 6) is 0.0353. The van der Waals surface area contributed by atoms with E-state index in [1.165, 1.54) is 18.7 Å². The van der Waals surface area contributed by atoms with Gasteiger partial charge in [0.25, 0.3) is 0 Å². The first-order valence-electron chi connectivity index (χ1n) is 6.59. The Hall–Kier alpha value is -1.98. The Morgan fingerprint density at radius 1 is 1.05 bits per heavy atom. The third-order valence-corrected chi connectivity index (χ3v) is 3.91. The van der Waals surface area contributed by atoms with Crippen molar-refractivity contribution in [2.24, 2.45) is 0 Å². The molecule has 0 aliphatic rings. The van der Waals surface area contributed by atoms with Crippen molar-refractivity contribution in [3.63, 3.8) is 0 Å². The molecular weight excluding hydrogens is 320 g/mol. The zero-order chi connectivity index (χ0) is 15.9. The number of hydrogen-bond donors (Lipinski definition) is 2. The quantitative estimate of drug-likeness (QED) is 0.812. The molecule has 2 aromatic rings. The minimum absolute atomic E-state index is 0.111. The first kappa shape index (κ1) is 16.4. The number of carbonyl (C=O) groups is 2. The molecule has 0 aliphatic carbocycles. The number of benzene rings is 2. The zero-order valence-corrected chi connectivity index (χ0v) is 13.5. The van der Waals surface area contributed by atoms with Crippen LogP contribution < -0.4 is 10.6 Å². The molecule has 0 fully saturated rings. The molecule has 0 aromatic heterocycles. The second-order valence-electron chi connectivity index (χ2n) is 4.55. The summed E-state index contributed by atoms with van der Waals surface area (Å²) in [6.45, 7) is 1.44. The third kappa shape index (κ3) is 5.42. The van der Waals surface area contributed by atoms with Crippen molar-refractivity contribution >= 4 is 46.6 Å². The van der Waals surface area contributed by atoms with Crippen molar-refractivity contribution in [1.29, 1.82) is 0 Å². The third-order valence-electron chi connectivity index (χ3n) is 2.65. The van der Waals surface area contributed by atoms with Gasteiger partial charge in [-0.2, -0.15) is 0 Å². The van der Waals surface area contributed by atoms with Crippen LogP contribution in [0.25, 0.3) is 0 Å². The number of amides is 2. The Morgan fingerprint density at radius 2 is 1.68 bits per heavy atom. The largest absolute Gasteiger partial charge is 0.326 e. The number of anilines is 2. The van der Waals surface area contributed by atoms with Crippen LogP contribution in [-0.2, 0) is 9.59 Å². The van der Waals surface area contributed by atoms with E-state index in [9.17, 15) is 9.59 Å². The summed E-state index contributed by atoms with van der Waals surface area (Å²) >= 11 is 7.24. The lowest BCUT2D eigenvalue weighted by molar-refractivity contribution is -0.114. The van der Waals surface area contributed by atoms with Crippen LogP contribution in [0.15, 0.2) is 53.4 Å². The molecule has 0 unspecified atom stereocenters. The maximum absolute atomic E-state index is 11.9. The normalized spacial score (nSPS) is 10.1. The summed E-state index contributed by atoms with van der Waals surface area (Å²) in [7, 11) is 0. The molecule has 0 atom stereocenters. The van der Waals surface area contributed by atoms with Crippen LogP contribution in [0.3, 0.4) is 0 Å². The zero-order valence-electron chi connectivity index (χ0n) is 11.9. The van der Waals surface area contributed by atoms with E-state index in [1.807, 2.05) is 12.1 Å². The molecule has 22 heavy (non-hydrogen) atoms. The molecule has 114 valence electrons. The van der Waals surface area contributed by atoms with E-state index in [0.717, 1.165) is 4.90 Å². The predicted octanol–water partition coefficient (Wildman–Crippen LogP) is 4.03. The monoisotopic (exact) mass is 334 g/mol. The van der Waals surface area contributed by atoms with Gasteiger partial charge in [0.05, 0.1) is 5.75 Å². The van der Waals surface area contributed by atoms with Crippen molar-refractivity contribution in [2.75, 3.05) is 16.4 Å². The van der Waals surface area contributed by atoms with Crippen LogP contribution in [0.4, 0.5) is 11.4 Å². The topological polar surface area (TPSA) is 58.2 Å². The molecule has 0 heterocycles. The summed E-state index contributed by atoms with van der Waals surface area (Å²) in [6, 6.07) is 14.3. The highest BCUT2D eigenvalue weighted by Crippen LogP contribution is 2.21.